The summed E-state index contributed by atoms with van der Waals surface area (Å²) in [4.78, 5) is 14.8. The predicted octanol–water partition coefficient (Wildman–Crippen LogP) is 2.94. The number of amides is 1. The van der Waals surface area contributed by atoms with Crippen molar-refractivity contribution in [2.24, 2.45) is 7.05 Å². The van der Waals surface area contributed by atoms with Gasteiger partial charge in [-0.25, -0.2) is 4.39 Å². The van der Waals surface area contributed by atoms with Crippen LogP contribution in [-0.2, 0) is 7.05 Å². The van der Waals surface area contributed by atoms with Crippen LogP contribution in [0.5, 0.6) is 11.5 Å². The number of ether oxygens (including phenoxy) is 2. The van der Waals surface area contributed by atoms with Crippen molar-refractivity contribution < 1.29 is 18.7 Å². The lowest BCUT2D eigenvalue weighted by atomic mass is 9.98. The number of benzene rings is 1. The second-order valence-corrected chi connectivity index (χ2v) is 6.08. The van der Waals surface area contributed by atoms with Crippen LogP contribution in [0.15, 0.2) is 24.4 Å². The van der Waals surface area contributed by atoms with Crippen molar-refractivity contribution >= 4 is 5.91 Å². The molecular formula is C18H22FN3O3. The van der Waals surface area contributed by atoms with Crippen LogP contribution in [0.3, 0.4) is 0 Å². The minimum Gasteiger partial charge on any atom is -0.493 e. The standard InChI is InChI=1S/C18H22FN3O3/c1-21-14(7-8-20-21)15-6-4-5-9-22(15)18(23)12-10-16(24-2)17(25-3)11-13(12)19/h7-8,10-11,15H,4-6,9H2,1-3H3/t15-/m0/s1. The van der Waals surface area contributed by atoms with E-state index in [0.717, 1.165) is 25.0 Å². The molecular weight excluding hydrogens is 325 g/mol. The number of nitrogens with zero attached hydrogens (tertiary/aromatic N) is 3. The van der Waals surface area contributed by atoms with Gasteiger partial charge in [0.05, 0.1) is 31.5 Å². The van der Waals surface area contributed by atoms with E-state index in [1.807, 2.05) is 13.1 Å². The molecule has 0 saturated carbocycles. The summed E-state index contributed by atoms with van der Waals surface area (Å²) < 4.78 is 26.6. The van der Waals surface area contributed by atoms with E-state index >= 15 is 0 Å². The maximum atomic E-state index is 14.5. The summed E-state index contributed by atoms with van der Waals surface area (Å²) in [7, 11) is 4.74. The Kier molecular flexibility index (Phi) is 4.92. The van der Waals surface area contributed by atoms with Gasteiger partial charge in [-0.05, 0) is 31.4 Å². The summed E-state index contributed by atoms with van der Waals surface area (Å²) in [6.07, 6.45) is 4.47. The van der Waals surface area contributed by atoms with Crippen LogP contribution in [0.4, 0.5) is 4.39 Å². The molecule has 0 unspecified atom stereocenters. The molecule has 0 bridgehead atoms. The minimum atomic E-state index is -0.614. The number of methoxy groups -OCH3 is 2. The Bertz CT molecular complexity index is 775. The van der Waals surface area contributed by atoms with Crippen LogP contribution in [0.1, 0.15) is 41.4 Å². The fourth-order valence-electron chi connectivity index (χ4n) is 3.37. The fraction of sp³-hybridized carbons (Fsp3) is 0.444. The van der Waals surface area contributed by atoms with E-state index in [1.54, 1.807) is 15.8 Å². The van der Waals surface area contributed by atoms with Crippen molar-refractivity contribution in [1.29, 1.82) is 0 Å². The molecule has 1 amide bonds. The van der Waals surface area contributed by atoms with E-state index in [1.165, 1.54) is 26.4 Å². The highest BCUT2D eigenvalue weighted by molar-refractivity contribution is 5.95. The van der Waals surface area contributed by atoms with Crippen molar-refractivity contribution in [3.63, 3.8) is 0 Å². The van der Waals surface area contributed by atoms with Crippen LogP contribution in [0.2, 0.25) is 0 Å². The third-order valence-electron chi connectivity index (χ3n) is 4.67. The second kappa shape index (κ2) is 7.13. The zero-order chi connectivity index (χ0) is 18.0. The quantitative estimate of drug-likeness (QED) is 0.853. The Balaban J connectivity index is 1.97. The van der Waals surface area contributed by atoms with Crippen LogP contribution >= 0.6 is 0 Å². The van der Waals surface area contributed by atoms with Gasteiger partial charge < -0.3 is 14.4 Å². The third-order valence-corrected chi connectivity index (χ3v) is 4.67. The van der Waals surface area contributed by atoms with Gasteiger partial charge in [-0.15, -0.1) is 0 Å². The van der Waals surface area contributed by atoms with Gasteiger partial charge in [0.2, 0.25) is 0 Å². The highest BCUT2D eigenvalue weighted by Crippen LogP contribution is 2.35. The average molecular weight is 347 g/mol. The Morgan fingerprint density at radius 2 is 1.96 bits per heavy atom. The number of hydrogen-bond acceptors (Lipinski definition) is 4. The van der Waals surface area contributed by atoms with Crippen molar-refractivity contribution in [3.05, 3.63) is 41.5 Å². The van der Waals surface area contributed by atoms with Gasteiger partial charge in [0.15, 0.2) is 11.5 Å². The number of halogens is 1. The van der Waals surface area contributed by atoms with E-state index < -0.39 is 5.82 Å². The lowest BCUT2D eigenvalue weighted by molar-refractivity contribution is 0.0596. The molecule has 1 saturated heterocycles. The van der Waals surface area contributed by atoms with Gasteiger partial charge >= 0.3 is 0 Å². The molecule has 1 aliphatic heterocycles. The van der Waals surface area contributed by atoms with Crippen LogP contribution in [0, 0.1) is 5.82 Å². The molecule has 6 nitrogen and oxygen atoms in total. The van der Waals surface area contributed by atoms with Gasteiger partial charge in [-0.2, -0.15) is 5.10 Å². The molecule has 134 valence electrons. The maximum absolute atomic E-state index is 14.5. The Labute approximate surface area is 146 Å². The van der Waals surface area contributed by atoms with Gasteiger partial charge in [0.25, 0.3) is 5.91 Å². The summed E-state index contributed by atoms with van der Waals surface area (Å²) in [5.74, 6) is -0.360. The summed E-state index contributed by atoms with van der Waals surface area (Å²) in [5, 5.41) is 4.19. The van der Waals surface area contributed by atoms with E-state index in [9.17, 15) is 9.18 Å². The Hall–Kier alpha value is -2.57. The molecule has 1 aromatic carbocycles. The number of rotatable bonds is 4. The monoisotopic (exact) mass is 347 g/mol. The SMILES string of the molecule is COc1cc(F)c(C(=O)N2CCCC[C@H]2c2ccnn2C)cc1OC. The molecule has 1 aliphatic rings. The summed E-state index contributed by atoms with van der Waals surface area (Å²) >= 11 is 0. The Morgan fingerprint density at radius 3 is 2.60 bits per heavy atom. The summed E-state index contributed by atoms with van der Waals surface area (Å²) in [6, 6.07) is 4.39. The number of likely N-dealkylation sites (tertiary alicyclic amines) is 1. The summed E-state index contributed by atoms with van der Waals surface area (Å²) in [5.41, 5.74) is 0.945. The zero-order valence-electron chi connectivity index (χ0n) is 14.7. The first-order valence-electron chi connectivity index (χ1n) is 8.27. The molecule has 2 aromatic rings. The third kappa shape index (κ3) is 3.18. The van der Waals surface area contributed by atoms with Crippen molar-refractivity contribution in [3.8, 4) is 11.5 Å². The highest BCUT2D eigenvalue weighted by Gasteiger charge is 2.32. The second-order valence-electron chi connectivity index (χ2n) is 6.08. The molecule has 25 heavy (non-hydrogen) atoms. The van der Waals surface area contributed by atoms with Crippen LogP contribution < -0.4 is 9.47 Å². The number of piperidine rings is 1. The lowest BCUT2D eigenvalue weighted by Gasteiger charge is -2.36. The highest BCUT2D eigenvalue weighted by atomic mass is 19.1. The van der Waals surface area contributed by atoms with Crippen molar-refractivity contribution in [2.75, 3.05) is 20.8 Å². The van der Waals surface area contributed by atoms with E-state index in [2.05, 4.69) is 5.10 Å². The topological polar surface area (TPSA) is 56.6 Å². The Morgan fingerprint density at radius 1 is 1.24 bits per heavy atom. The predicted molar refractivity (Wildman–Crippen MR) is 90.3 cm³/mol. The largest absolute Gasteiger partial charge is 0.493 e. The van der Waals surface area contributed by atoms with Crippen LogP contribution in [0.25, 0.3) is 0 Å². The van der Waals surface area contributed by atoms with Gasteiger partial charge in [0, 0.05) is 25.9 Å². The number of hydrogen-bond donors (Lipinski definition) is 0. The molecule has 0 N–H and O–H groups in total. The fourth-order valence-corrected chi connectivity index (χ4v) is 3.37. The lowest BCUT2D eigenvalue weighted by Crippen LogP contribution is -2.39. The number of carbonyl (C=O) groups is 1. The first-order valence-corrected chi connectivity index (χ1v) is 8.27. The van der Waals surface area contributed by atoms with Gasteiger partial charge in [-0.1, -0.05) is 0 Å². The molecule has 1 aromatic heterocycles. The number of carbonyl (C=O) groups excluding carboxylic acids is 1. The minimum absolute atomic E-state index is 0.00767. The normalized spacial score (nSPS) is 17.4. The van der Waals surface area contributed by atoms with Crippen molar-refractivity contribution in [2.45, 2.75) is 25.3 Å². The molecule has 0 radical (unpaired) electrons. The maximum Gasteiger partial charge on any atom is 0.257 e. The van der Waals surface area contributed by atoms with Crippen molar-refractivity contribution in [1.82, 2.24) is 14.7 Å². The van der Waals surface area contributed by atoms with Gasteiger partial charge in [0.1, 0.15) is 5.82 Å². The molecule has 1 atom stereocenters. The molecule has 1 fully saturated rings. The van der Waals surface area contributed by atoms with Gasteiger partial charge in [-0.3, -0.25) is 9.48 Å². The smallest absolute Gasteiger partial charge is 0.257 e. The molecule has 7 heteroatoms. The first kappa shape index (κ1) is 17.3. The molecule has 0 spiro atoms. The van der Waals surface area contributed by atoms with Crippen LogP contribution in [-0.4, -0.2) is 41.4 Å². The molecule has 3 rings (SSSR count). The van der Waals surface area contributed by atoms with E-state index in [-0.39, 0.29) is 23.3 Å². The number of aryl methyl sites for hydroxylation is 1. The first-order chi connectivity index (χ1) is 12.1. The zero-order valence-corrected chi connectivity index (χ0v) is 14.7. The molecule has 2 heterocycles. The van der Waals surface area contributed by atoms with E-state index in [0.29, 0.717) is 12.3 Å². The molecule has 0 aliphatic carbocycles. The average Bonchev–Trinajstić information content (AvgIpc) is 3.06. The van der Waals surface area contributed by atoms with E-state index in [4.69, 9.17) is 9.47 Å². The summed E-state index contributed by atoms with van der Waals surface area (Å²) in [6.45, 7) is 0.586. The number of aromatic nitrogens is 2.